The zero-order chi connectivity index (χ0) is 11.3. The minimum atomic E-state index is -0.494. The van der Waals surface area contributed by atoms with Gasteiger partial charge in [0.25, 0.3) is 0 Å². The summed E-state index contributed by atoms with van der Waals surface area (Å²) in [6.07, 6.45) is 5.49. The molecule has 0 fully saturated rings. The van der Waals surface area contributed by atoms with Crippen LogP contribution in [-0.2, 0) is 11.2 Å². The van der Waals surface area contributed by atoms with Crippen LogP contribution in [0.3, 0.4) is 0 Å². The number of nitrogens with two attached hydrogens (primary N) is 1. The maximum Gasteiger partial charge on any atom is 0.154 e. The molecule has 0 aliphatic heterocycles. The minimum absolute atomic E-state index is 0.0389. The second-order valence-corrected chi connectivity index (χ2v) is 3.65. The standard InChI is InChI=1S/C11H13ClN2O/c1-2-3-10(13)11(15)6-8-4-5-14-7-9(8)12/h2,4-5,7,10H,1,3,6,13H2. The lowest BCUT2D eigenvalue weighted by Crippen LogP contribution is -2.31. The van der Waals surface area contributed by atoms with Crippen molar-refractivity contribution in [3.05, 3.63) is 41.7 Å². The summed E-state index contributed by atoms with van der Waals surface area (Å²) in [6.45, 7) is 3.54. The molecular formula is C11H13ClN2O. The second-order valence-electron chi connectivity index (χ2n) is 3.24. The molecule has 0 aromatic carbocycles. The van der Waals surface area contributed by atoms with Crippen molar-refractivity contribution in [2.45, 2.75) is 18.9 Å². The number of hydrogen-bond acceptors (Lipinski definition) is 3. The van der Waals surface area contributed by atoms with Crippen molar-refractivity contribution >= 4 is 17.4 Å². The van der Waals surface area contributed by atoms with Crippen molar-refractivity contribution in [1.29, 1.82) is 0 Å². The number of halogens is 1. The van der Waals surface area contributed by atoms with Gasteiger partial charge in [0.1, 0.15) is 0 Å². The zero-order valence-corrected chi connectivity index (χ0v) is 9.07. The molecule has 80 valence electrons. The first-order valence-corrected chi connectivity index (χ1v) is 5.00. The topological polar surface area (TPSA) is 56.0 Å². The largest absolute Gasteiger partial charge is 0.321 e. The Hall–Kier alpha value is -1.19. The lowest BCUT2D eigenvalue weighted by atomic mass is 10.0. The molecule has 4 heteroatoms. The average molecular weight is 225 g/mol. The highest BCUT2D eigenvalue weighted by atomic mass is 35.5. The third kappa shape index (κ3) is 3.46. The highest BCUT2D eigenvalue weighted by Gasteiger charge is 2.13. The Bertz CT molecular complexity index is 365. The summed E-state index contributed by atoms with van der Waals surface area (Å²) in [6, 6.07) is 1.23. The summed E-state index contributed by atoms with van der Waals surface area (Å²) < 4.78 is 0. The number of carbonyl (C=O) groups is 1. The van der Waals surface area contributed by atoms with Crippen molar-refractivity contribution in [2.75, 3.05) is 0 Å². The van der Waals surface area contributed by atoms with Crippen molar-refractivity contribution < 1.29 is 4.79 Å². The van der Waals surface area contributed by atoms with Crippen LogP contribution in [0, 0.1) is 0 Å². The summed E-state index contributed by atoms with van der Waals surface area (Å²) in [5.74, 6) is -0.0389. The maximum atomic E-state index is 11.6. The Morgan fingerprint density at radius 3 is 3.07 bits per heavy atom. The van der Waals surface area contributed by atoms with Crippen LogP contribution < -0.4 is 5.73 Å². The second kappa shape index (κ2) is 5.63. The molecule has 3 nitrogen and oxygen atoms in total. The highest BCUT2D eigenvalue weighted by molar-refractivity contribution is 6.31. The van der Waals surface area contributed by atoms with Crippen molar-refractivity contribution in [1.82, 2.24) is 4.98 Å². The number of Topliss-reactive ketones (excluding diaryl/α,β-unsaturated/α-hetero) is 1. The number of pyridine rings is 1. The van der Waals surface area contributed by atoms with Crippen LogP contribution in [0.25, 0.3) is 0 Å². The molecule has 0 amide bonds. The Morgan fingerprint density at radius 1 is 1.73 bits per heavy atom. The third-order valence-corrected chi connectivity index (χ3v) is 2.40. The van der Waals surface area contributed by atoms with Crippen molar-refractivity contribution in [3.63, 3.8) is 0 Å². The van der Waals surface area contributed by atoms with Gasteiger partial charge in [0.15, 0.2) is 5.78 Å². The molecule has 1 heterocycles. The quantitative estimate of drug-likeness (QED) is 0.776. The van der Waals surface area contributed by atoms with E-state index in [2.05, 4.69) is 11.6 Å². The van der Waals surface area contributed by atoms with Crippen LogP contribution in [0.4, 0.5) is 0 Å². The van der Waals surface area contributed by atoms with Crippen molar-refractivity contribution in [3.8, 4) is 0 Å². The van der Waals surface area contributed by atoms with Crippen LogP contribution in [0.15, 0.2) is 31.1 Å². The Balaban J connectivity index is 2.66. The lowest BCUT2D eigenvalue weighted by Gasteiger charge is -2.08. The fraction of sp³-hybridized carbons (Fsp3) is 0.273. The molecule has 15 heavy (non-hydrogen) atoms. The number of rotatable bonds is 5. The van der Waals surface area contributed by atoms with Gasteiger partial charge in [-0.15, -0.1) is 6.58 Å². The van der Waals surface area contributed by atoms with E-state index >= 15 is 0 Å². The molecule has 0 saturated heterocycles. The number of hydrogen-bond donors (Lipinski definition) is 1. The van der Waals surface area contributed by atoms with E-state index in [1.54, 1.807) is 18.3 Å². The van der Waals surface area contributed by atoms with Gasteiger partial charge in [0.2, 0.25) is 0 Å². The summed E-state index contributed by atoms with van der Waals surface area (Å²) in [5, 5.41) is 0.497. The van der Waals surface area contributed by atoms with Gasteiger partial charge in [-0.2, -0.15) is 0 Å². The molecule has 0 aliphatic carbocycles. The van der Waals surface area contributed by atoms with Crippen LogP contribution in [0.5, 0.6) is 0 Å². The number of nitrogens with zero attached hydrogens (tertiary/aromatic N) is 1. The maximum absolute atomic E-state index is 11.6. The van der Waals surface area contributed by atoms with E-state index in [0.717, 1.165) is 5.56 Å². The van der Waals surface area contributed by atoms with Gasteiger partial charge >= 0.3 is 0 Å². The lowest BCUT2D eigenvalue weighted by molar-refractivity contribution is -0.119. The van der Waals surface area contributed by atoms with Gasteiger partial charge in [-0.05, 0) is 18.1 Å². The Kier molecular flexibility index (Phi) is 4.46. The van der Waals surface area contributed by atoms with Crippen LogP contribution in [0.1, 0.15) is 12.0 Å². The predicted molar refractivity (Wildman–Crippen MR) is 60.7 cm³/mol. The van der Waals surface area contributed by atoms with E-state index < -0.39 is 6.04 Å². The fourth-order valence-electron chi connectivity index (χ4n) is 1.18. The van der Waals surface area contributed by atoms with Crippen LogP contribution in [0.2, 0.25) is 5.02 Å². The molecule has 0 saturated carbocycles. The van der Waals surface area contributed by atoms with Crippen LogP contribution >= 0.6 is 11.6 Å². The smallest absolute Gasteiger partial charge is 0.154 e. The number of carbonyl (C=O) groups excluding carboxylic acids is 1. The Labute approximate surface area is 94.0 Å². The molecular weight excluding hydrogens is 212 g/mol. The number of ketones is 1. The number of aromatic nitrogens is 1. The SMILES string of the molecule is C=CCC(N)C(=O)Cc1ccncc1Cl. The first-order chi connectivity index (χ1) is 7.15. The molecule has 1 rings (SSSR count). The normalized spacial score (nSPS) is 12.1. The Morgan fingerprint density at radius 2 is 2.47 bits per heavy atom. The van der Waals surface area contributed by atoms with E-state index in [1.807, 2.05) is 0 Å². The predicted octanol–water partition coefficient (Wildman–Crippen LogP) is 1.75. The summed E-state index contributed by atoms with van der Waals surface area (Å²) >= 11 is 5.87. The third-order valence-electron chi connectivity index (χ3n) is 2.06. The van der Waals surface area contributed by atoms with Gasteiger partial charge in [-0.25, -0.2) is 0 Å². The molecule has 1 atom stereocenters. The van der Waals surface area contributed by atoms with Gasteiger partial charge in [-0.1, -0.05) is 17.7 Å². The molecule has 1 aromatic heterocycles. The van der Waals surface area contributed by atoms with E-state index in [0.29, 0.717) is 11.4 Å². The highest BCUT2D eigenvalue weighted by Crippen LogP contribution is 2.14. The minimum Gasteiger partial charge on any atom is -0.321 e. The first kappa shape index (κ1) is 11.9. The summed E-state index contributed by atoms with van der Waals surface area (Å²) in [4.78, 5) is 15.4. The zero-order valence-electron chi connectivity index (χ0n) is 8.32. The van der Waals surface area contributed by atoms with E-state index in [4.69, 9.17) is 17.3 Å². The fourth-order valence-corrected chi connectivity index (χ4v) is 1.36. The van der Waals surface area contributed by atoms with E-state index in [1.165, 1.54) is 6.20 Å². The average Bonchev–Trinajstić information content (AvgIpc) is 2.21. The van der Waals surface area contributed by atoms with E-state index in [9.17, 15) is 4.79 Å². The molecule has 0 bridgehead atoms. The molecule has 2 N–H and O–H groups in total. The summed E-state index contributed by atoms with van der Waals surface area (Å²) in [7, 11) is 0. The van der Waals surface area contributed by atoms with Gasteiger partial charge < -0.3 is 5.73 Å². The van der Waals surface area contributed by atoms with Gasteiger partial charge in [0, 0.05) is 18.8 Å². The molecule has 0 spiro atoms. The van der Waals surface area contributed by atoms with Gasteiger partial charge in [-0.3, -0.25) is 9.78 Å². The molecule has 0 aliphatic rings. The summed E-state index contributed by atoms with van der Waals surface area (Å²) in [5.41, 5.74) is 6.41. The van der Waals surface area contributed by atoms with Gasteiger partial charge in [0.05, 0.1) is 11.1 Å². The monoisotopic (exact) mass is 224 g/mol. The molecule has 0 radical (unpaired) electrons. The van der Waals surface area contributed by atoms with Crippen molar-refractivity contribution in [2.24, 2.45) is 5.73 Å². The molecule has 1 aromatic rings. The van der Waals surface area contributed by atoms with Crippen LogP contribution in [-0.4, -0.2) is 16.8 Å². The first-order valence-electron chi connectivity index (χ1n) is 4.62. The molecule has 1 unspecified atom stereocenters. The van der Waals surface area contributed by atoms with E-state index in [-0.39, 0.29) is 12.2 Å².